The first-order valence-corrected chi connectivity index (χ1v) is 6.39. The number of rotatable bonds is 7. The first kappa shape index (κ1) is 14.7. The molecule has 1 nitrogen and oxygen atoms in total. The molecule has 0 N–H and O–H groups in total. The molecule has 0 aromatic heterocycles. The van der Waals surface area contributed by atoms with Crippen LogP contribution in [0.1, 0.15) is 73.6 Å². The van der Waals surface area contributed by atoms with Crippen molar-refractivity contribution in [1.29, 1.82) is 0 Å². The lowest BCUT2D eigenvalue weighted by molar-refractivity contribution is -0.135. The molecule has 0 aliphatic carbocycles. The second kappa shape index (κ2) is 5.67. The summed E-state index contributed by atoms with van der Waals surface area (Å²) in [6, 6.07) is 0. The van der Waals surface area contributed by atoms with Gasteiger partial charge in [-0.2, -0.15) is 0 Å². The third kappa shape index (κ3) is 3.06. The molecule has 15 heavy (non-hydrogen) atoms. The Balaban J connectivity index is 4.76. The summed E-state index contributed by atoms with van der Waals surface area (Å²) in [6.45, 7) is 13.1. The predicted molar refractivity (Wildman–Crippen MR) is 67.0 cm³/mol. The normalized spacial score (nSPS) is 16.1. The SMILES string of the molecule is CCCCC(=O)C(C)(CC)C(C)(C)CC. The molecule has 0 aliphatic rings. The van der Waals surface area contributed by atoms with Crippen molar-refractivity contribution < 1.29 is 4.79 Å². The number of hydrogen-bond acceptors (Lipinski definition) is 1. The van der Waals surface area contributed by atoms with Crippen molar-refractivity contribution in [1.82, 2.24) is 0 Å². The van der Waals surface area contributed by atoms with Crippen LogP contribution in [0.25, 0.3) is 0 Å². The highest BCUT2D eigenvalue weighted by atomic mass is 16.1. The van der Waals surface area contributed by atoms with Gasteiger partial charge >= 0.3 is 0 Å². The number of carbonyl (C=O) groups is 1. The van der Waals surface area contributed by atoms with Crippen LogP contribution < -0.4 is 0 Å². The molecule has 0 rings (SSSR count). The minimum Gasteiger partial charge on any atom is -0.299 e. The quantitative estimate of drug-likeness (QED) is 0.603. The Morgan fingerprint density at radius 1 is 1.00 bits per heavy atom. The molecule has 0 heterocycles. The van der Waals surface area contributed by atoms with Crippen LogP contribution in [0.15, 0.2) is 0 Å². The smallest absolute Gasteiger partial charge is 0.139 e. The van der Waals surface area contributed by atoms with Gasteiger partial charge in [0.1, 0.15) is 5.78 Å². The Kier molecular flexibility index (Phi) is 5.55. The van der Waals surface area contributed by atoms with Crippen LogP contribution in [-0.4, -0.2) is 5.78 Å². The highest BCUT2D eigenvalue weighted by Gasteiger charge is 2.43. The zero-order valence-corrected chi connectivity index (χ0v) is 11.4. The minimum atomic E-state index is -0.142. The summed E-state index contributed by atoms with van der Waals surface area (Å²) in [6.07, 6.45) is 4.92. The molecular formula is C14H28O. The highest BCUT2D eigenvalue weighted by molar-refractivity contribution is 5.85. The molecule has 0 saturated carbocycles. The third-order valence-electron chi connectivity index (χ3n) is 4.46. The molecule has 1 atom stereocenters. The molecule has 0 amide bonds. The molecule has 0 aromatic carbocycles. The van der Waals surface area contributed by atoms with Gasteiger partial charge in [-0.3, -0.25) is 4.79 Å². The zero-order valence-electron chi connectivity index (χ0n) is 11.4. The van der Waals surface area contributed by atoms with Gasteiger partial charge in [0.15, 0.2) is 0 Å². The van der Waals surface area contributed by atoms with E-state index >= 15 is 0 Å². The maximum absolute atomic E-state index is 12.3. The number of carbonyl (C=O) groups excluding carboxylic acids is 1. The van der Waals surface area contributed by atoms with Crippen LogP contribution in [0, 0.1) is 10.8 Å². The summed E-state index contributed by atoms with van der Waals surface area (Å²) in [5.74, 6) is 0.457. The fraction of sp³-hybridized carbons (Fsp3) is 0.929. The third-order valence-corrected chi connectivity index (χ3v) is 4.46. The monoisotopic (exact) mass is 212 g/mol. The van der Waals surface area contributed by atoms with Crippen molar-refractivity contribution in [2.24, 2.45) is 10.8 Å². The Labute approximate surface area is 95.6 Å². The number of unbranched alkanes of at least 4 members (excludes halogenated alkanes) is 1. The van der Waals surface area contributed by atoms with E-state index in [1.807, 2.05) is 0 Å². The molecule has 0 aliphatic heterocycles. The molecule has 0 saturated heterocycles. The van der Waals surface area contributed by atoms with Crippen molar-refractivity contribution in [3.05, 3.63) is 0 Å². The van der Waals surface area contributed by atoms with Crippen molar-refractivity contribution in [3.63, 3.8) is 0 Å². The number of ketones is 1. The average Bonchev–Trinajstić information content (AvgIpc) is 2.24. The Morgan fingerprint density at radius 3 is 1.87 bits per heavy atom. The molecule has 0 spiro atoms. The maximum atomic E-state index is 12.3. The molecule has 90 valence electrons. The minimum absolute atomic E-state index is 0.118. The van der Waals surface area contributed by atoms with Gasteiger partial charge in [-0.15, -0.1) is 0 Å². The second-order valence-electron chi connectivity index (χ2n) is 5.45. The van der Waals surface area contributed by atoms with Gasteiger partial charge in [-0.25, -0.2) is 0 Å². The number of hydrogen-bond donors (Lipinski definition) is 0. The van der Waals surface area contributed by atoms with Gasteiger partial charge in [0, 0.05) is 11.8 Å². The summed E-state index contributed by atoms with van der Waals surface area (Å²) in [4.78, 5) is 12.3. The van der Waals surface area contributed by atoms with E-state index in [0.29, 0.717) is 5.78 Å². The molecule has 1 heteroatoms. The van der Waals surface area contributed by atoms with E-state index in [2.05, 4.69) is 41.5 Å². The topological polar surface area (TPSA) is 17.1 Å². The van der Waals surface area contributed by atoms with E-state index in [-0.39, 0.29) is 10.8 Å². The Morgan fingerprint density at radius 2 is 1.53 bits per heavy atom. The van der Waals surface area contributed by atoms with Gasteiger partial charge in [-0.1, -0.05) is 54.4 Å². The van der Waals surface area contributed by atoms with Crippen LogP contribution in [-0.2, 0) is 4.79 Å². The van der Waals surface area contributed by atoms with Crippen molar-refractivity contribution in [2.75, 3.05) is 0 Å². The zero-order chi connectivity index (χ0) is 12.1. The molecule has 1 unspecified atom stereocenters. The molecule has 0 bridgehead atoms. The highest BCUT2D eigenvalue weighted by Crippen LogP contribution is 2.45. The van der Waals surface area contributed by atoms with E-state index in [9.17, 15) is 4.79 Å². The lowest BCUT2D eigenvalue weighted by Crippen LogP contribution is -2.41. The van der Waals surface area contributed by atoms with E-state index < -0.39 is 0 Å². The van der Waals surface area contributed by atoms with E-state index in [1.165, 1.54) is 0 Å². The van der Waals surface area contributed by atoms with Crippen molar-refractivity contribution in [2.45, 2.75) is 73.6 Å². The summed E-state index contributed by atoms with van der Waals surface area (Å²) in [5.41, 5.74) is -0.0243. The summed E-state index contributed by atoms with van der Waals surface area (Å²) in [5, 5.41) is 0. The standard InChI is InChI=1S/C14H28O/c1-7-10-11-12(15)14(6,9-3)13(4,5)8-2/h7-11H2,1-6H3. The van der Waals surface area contributed by atoms with Gasteiger partial charge in [0.25, 0.3) is 0 Å². The van der Waals surface area contributed by atoms with Gasteiger partial charge in [0.05, 0.1) is 0 Å². The van der Waals surface area contributed by atoms with E-state index in [4.69, 9.17) is 0 Å². The fourth-order valence-electron chi connectivity index (χ4n) is 2.06. The van der Waals surface area contributed by atoms with Crippen LogP contribution in [0.3, 0.4) is 0 Å². The van der Waals surface area contributed by atoms with E-state index in [1.54, 1.807) is 0 Å². The average molecular weight is 212 g/mol. The van der Waals surface area contributed by atoms with E-state index in [0.717, 1.165) is 32.1 Å². The Bertz CT molecular complexity index is 205. The predicted octanol–water partition coefficient (Wildman–Crippen LogP) is 4.60. The van der Waals surface area contributed by atoms with Crippen LogP contribution in [0.4, 0.5) is 0 Å². The summed E-state index contributed by atoms with van der Waals surface area (Å²) < 4.78 is 0. The van der Waals surface area contributed by atoms with Crippen LogP contribution in [0.2, 0.25) is 0 Å². The number of Topliss-reactive ketones (excluding diaryl/α,β-unsaturated/α-hetero) is 1. The van der Waals surface area contributed by atoms with Crippen molar-refractivity contribution >= 4 is 5.78 Å². The first-order chi connectivity index (χ1) is 6.85. The molecule has 0 fully saturated rings. The molecule has 0 radical (unpaired) electrons. The van der Waals surface area contributed by atoms with Crippen molar-refractivity contribution in [3.8, 4) is 0 Å². The lowest BCUT2D eigenvalue weighted by Gasteiger charge is -2.42. The fourth-order valence-corrected chi connectivity index (χ4v) is 2.06. The Hall–Kier alpha value is -0.330. The molecular weight excluding hydrogens is 184 g/mol. The largest absolute Gasteiger partial charge is 0.299 e. The second-order valence-corrected chi connectivity index (χ2v) is 5.45. The van der Waals surface area contributed by atoms with Crippen LogP contribution in [0.5, 0.6) is 0 Å². The molecule has 0 aromatic rings. The van der Waals surface area contributed by atoms with Gasteiger partial charge in [-0.05, 0) is 18.3 Å². The van der Waals surface area contributed by atoms with Gasteiger partial charge in [0.2, 0.25) is 0 Å². The van der Waals surface area contributed by atoms with Crippen LogP contribution >= 0.6 is 0 Å². The lowest BCUT2D eigenvalue weighted by atomic mass is 9.61. The van der Waals surface area contributed by atoms with Gasteiger partial charge < -0.3 is 0 Å². The first-order valence-electron chi connectivity index (χ1n) is 6.39. The summed E-state index contributed by atoms with van der Waals surface area (Å²) in [7, 11) is 0. The maximum Gasteiger partial charge on any atom is 0.139 e. The summed E-state index contributed by atoms with van der Waals surface area (Å²) >= 11 is 0.